The van der Waals surface area contributed by atoms with Gasteiger partial charge in [0.05, 0.1) is 11.9 Å². The average molecular weight is 265 g/mol. The minimum atomic E-state index is 0.569. The molecular formula is C11H9BrN2O. The summed E-state index contributed by atoms with van der Waals surface area (Å²) in [5, 5.41) is 0. The van der Waals surface area contributed by atoms with Crippen molar-refractivity contribution in [1.82, 2.24) is 4.98 Å². The quantitative estimate of drug-likeness (QED) is 0.906. The lowest BCUT2D eigenvalue weighted by atomic mass is 10.3. The Balaban J connectivity index is 2.22. The number of anilines is 1. The number of aromatic nitrogens is 1. The Hall–Kier alpha value is -1.55. The van der Waals surface area contributed by atoms with Gasteiger partial charge in [-0.05, 0) is 30.3 Å². The molecule has 0 radical (unpaired) electrons. The van der Waals surface area contributed by atoms with Crippen LogP contribution in [0.1, 0.15) is 0 Å². The van der Waals surface area contributed by atoms with Gasteiger partial charge in [-0.15, -0.1) is 0 Å². The van der Waals surface area contributed by atoms with Crippen molar-refractivity contribution in [1.29, 1.82) is 0 Å². The lowest BCUT2D eigenvalue weighted by Gasteiger charge is -2.07. The Morgan fingerprint density at radius 2 is 1.87 bits per heavy atom. The Bertz CT molecular complexity index is 456. The fraction of sp³-hybridized carbons (Fsp3) is 0. The zero-order chi connectivity index (χ0) is 10.7. The fourth-order valence-corrected chi connectivity index (χ4v) is 1.37. The van der Waals surface area contributed by atoms with E-state index in [-0.39, 0.29) is 0 Å². The molecule has 0 unspecified atom stereocenters. The van der Waals surface area contributed by atoms with E-state index in [9.17, 15) is 0 Å². The van der Waals surface area contributed by atoms with Crippen molar-refractivity contribution < 1.29 is 4.74 Å². The van der Waals surface area contributed by atoms with Gasteiger partial charge < -0.3 is 10.5 Å². The summed E-state index contributed by atoms with van der Waals surface area (Å²) in [7, 11) is 0. The summed E-state index contributed by atoms with van der Waals surface area (Å²) >= 11 is 3.35. The van der Waals surface area contributed by atoms with Crippen LogP contribution in [0, 0.1) is 0 Å². The largest absolute Gasteiger partial charge is 0.454 e. The SMILES string of the molecule is Nc1ccncc1Oc1ccc(Br)cc1. The lowest BCUT2D eigenvalue weighted by Crippen LogP contribution is -1.92. The molecule has 0 aliphatic carbocycles. The molecule has 0 spiro atoms. The van der Waals surface area contributed by atoms with Crippen LogP contribution in [0.5, 0.6) is 11.5 Å². The van der Waals surface area contributed by atoms with Gasteiger partial charge in [0, 0.05) is 10.7 Å². The summed E-state index contributed by atoms with van der Waals surface area (Å²) in [6.07, 6.45) is 3.22. The van der Waals surface area contributed by atoms with Crippen LogP contribution in [-0.2, 0) is 0 Å². The van der Waals surface area contributed by atoms with Crippen LogP contribution in [0.3, 0.4) is 0 Å². The van der Waals surface area contributed by atoms with Crippen LogP contribution in [-0.4, -0.2) is 4.98 Å². The summed E-state index contributed by atoms with van der Waals surface area (Å²) in [6.45, 7) is 0. The average Bonchev–Trinajstić information content (AvgIpc) is 2.25. The molecule has 4 heteroatoms. The van der Waals surface area contributed by atoms with Crippen molar-refractivity contribution in [2.45, 2.75) is 0 Å². The predicted molar refractivity (Wildman–Crippen MR) is 62.9 cm³/mol. The zero-order valence-corrected chi connectivity index (χ0v) is 9.44. The first kappa shape index (κ1) is 9.98. The van der Waals surface area contributed by atoms with Crippen LogP contribution in [0.2, 0.25) is 0 Å². The van der Waals surface area contributed by atoms with E-state index in [0.717, 1.165) is 10.2 Å². The molecule has 0 saturated heterocycles. The van der Waals surface area contributed by atoms with Crippen LogP contribution in [0.25, 0.3) is 0 Å². The molecule has 2 N–H and O–H groups in total. The molecule has 2 aromatic rings. The van der Waals surface area contributed by atoms with Crippen LogP contribution < -0.4 is 10.5 Å². The van der Waals surface area contributed by atoms with Crippen molar-refractivity contribution in [3.63, 3.8) is 0 Å². The van der Waals surface area contributed by atoms with Crippen molar-refractivity contribution in [2.24, 2.45) is 0 Å². The van der Waals surface area contributed by atoms with Gasteiger partial charge in [-0.1, -0.05) is 15.9 Å². The second-order valence-electron chi connectivity index (χ2n) is 2.97. The number of hydrogen-bond donors (Lipinski definition) is 1. The third kappa shape index (κ3) is 2.47. The number of ether oxygens (including phenoxy) is 1. The highest BCUT2D eigenvalue weighted by atomic mass is 79.9. The molecule has 76 valence electrons. The van der Waals surface area contributed by atoms with E-state index in [0.29, 0.717) is 11.4 Å². The van der Waals surface area contributed by atoms with E-state index in [4.69, 9.17) is 10.5 Å². The predicted octanol–water partition coefficient (Wildman–Crippen LogP) is 3.22. The first-order chi connectivity index (χ1) is 7.25. The number of pyridine rings is 1. The van der Waals surface area contributed by atoms with Gasteiger partial charge in [0.25, 0.3) is 0 Å². The van der Waals surface area contributed by atoms with Gasteiger partial charge in [0.15, 0.2) is 5.75 Å². The van der Waals surface area contributed by atoms with Gasteiger partial charge in [0.1, 0.15) is 5.75 Å². The third-order valence-corrected chi connectivity index (χ3v) is 2.39. The molecule has 1 aromatic heterocycles. The molecule has 0 amide bonds. The van der Waals surface area contributed by atoms with E-state index in [1.54, 1.807) is 18.5 Å². The summed E-state index contributed by atoms with van der Waals surface area (Å²) < 4.78 is 6.56. The van der Waals surface area contributed by atoms with Crippen LogP contribution in [0.15, 0.2) is 47.2 Å². The standard InChI is InChI=1S/C11H9BrN2O/c12-8-1-3-9(4-2-8)15-11-7-14-6-5-10(11)13/h1-7H,(H2,13,14). The molecule has 0 aliphatic rings. The molecular weight excluding hydrogens is 256 g/mol. The summed E-state index contributed by atoms with van der Waals surface area (Å²) in [5.41, 5.74) is 6.30. The van der Waals surface area contributed by atoms with E-state index in [2.05, 4.69) is 20.9 Å². The maximum absolute atomic E-state index is 5.72. The topological polar surface area (TPSA) is 48.1 Å². The van der Waals surface area contributed by atoms with Gasteiger partial charge in [-0.25, -0.2) is 0 Å². The normalized spacial score (nSPS) is 9.93. The second-order valence-corrected chi connectivity index (χ2v) is 3.89. The Morgan fingerprint density at radius 3 is 2.53 bits per heavy atom. The Labute approximate surface area is 96.0 Å². The Kier molecular flexibility index (Phi) is 2.87. The number of rotatable bonds is 2. The Morgan fingerprint density at radius 1 is 1.13 bits per heavy atom. The number of hydrogen-bond acceptors (Lipinski definition) is 3. The minimum absolute atomic E-state index is 0.569. The molecule has 15 heavy (non-hydrogen) atoms. The van der Waals surface area contributed by atoms with Gasteiger partial charge >= 0.3 is 0 Å². The van der Waals surface area contributed by atoms with Gasteiger partial charge in [-0.2, -0.15) is 0 Å². The number of halogens is 1. The van der Waals surface area contributed by atoms with Crippen molar-refractivity contribution in [3.8, 4) is 11.5 Å². The van der Waals surface area contributed by atoms with E-state index >= 15 is 0 Å². The number of nitrogens with two attached hydrogens (primary N) is 1. The lowest BCUT2D eigenvalue weighted by molar-refractivity contribution is 0.482. The van der Waals surface area contributed by atoms with E-state index in [1.165, 1.54) is 0 Å². The second kappa shape index (κ2) is 4.31. The van der Waals surface area contributed by atoms with Gasteiger partial charge in [-0.3, -0.25) is 4.98 Å². The van der Waals surface area contributed by atoms with Crippen LogP contribution in [0.4, 0.5) is 5.69 Å². The molecule has 0 saturated carbocycles. The molecule has 0 bridgehead atoms. The molecule has 2 rings (SSSR count). The fourth-order valence-electron chi connectivity index (χ4n) is 1.11. The summed E-state index contributed by atoms with van der Waals surface area (Å²) in [5.74, 6) is 1.30. The molecule has 0 atom stereocenters. The summed E-state index contributed by atoms with van der Waals surface area (Å²) in [6, 6.07) is 9.23. The minimum Gasteiger partial charge on any atom is -0.454 e. The number of nitrogens with zero attached hydrogens (tertiary/aromatic N) is 1. The highest BCUT2D eigenvalue weighted by Crippen LogP contribution is 2.26. The van der Waals surface area contributed by atoms with E-state index in [1.807, 2.05) is 24.3 Å². The zero-order valence-electron chi connectivity index (χ0n) is 7.85. The molecule has 1 aromatic carbocycles. The molecule has 3 nitrogen and oxygen atoms in total. The first-order valence-electron chi connectivity index (χ1n) is 4.38. The molecule has 0 fully saturated rings. The van der Waals surface area contributed by atoms with Gasteiger partial charge in [0.2, 0.25) is 0 Å². The highest BCUT2D eigenvalue weighted by molar-refractivity contribution is 9.10. The first-order valence-corrected chi connectivity index (χ1v) is 5.18. The number of benzene rings is 1. The summed E-state index contributed by atoms with van der Waals surface area (Å²) in [4.78, 5) is 3.94. The maximum atomic E-state index is 5.72. The maximum Gasteiger partial charge on any atom is 0.168 e. The van der Waals surface area contributed by atoms with Crippen molar-refractivity contribution in [3.05, 3.63) is 47.2 Å². The number of nitrogen functional groups attached to an aromatic ring is 1. The molecule has 0 aliphatic heterocycles. The molecule has 1 heterocycles. The van der Waals surface area contributed by atoms with Crippen LogP contribution >= 0.6 is 15.9 Å². The van der Waals surface area contributed by atoms with Crippen molar-refractivity contribution >= 4 is 21.6 Å². The highest BCUT2D eigenvalue weighted by Gasteiger charge is 2.00. The monoisotopic (exact) mass is 264 g/mol. The van der Waals surface area contributed by atoms with Crippen molar-refractivity contribution in [2.75, 3.05) is 5.73 Å². The van der Waals surface area contributed by atoms with E-state index < -0.39 is 0 Å². The third-order valence-electron chi connectivity index (χ3n) is 1.86. The smallest absolute Gasteiger partial charge is 0.168 e.